The number of rotatable bonds is 9. The fourth-order valence-corrected chi connectivity index (χ4v) is 4.61. The van der Waals surface area contributed by atoms with E-state index in [2.05, 4.69) is 15.6 Å². The number of nitrogens with one attached hydrogen (secondary N) is 1. The van der Waals surface area contributed by atoms with Crippen molar-refractivity contribution in [2.24, 2.45) is 0 Å². The lowest BCUT2D eigenvalue weighted by atomic mass is 10.0. The van der Waals surface area contributed by atoms with Crippen molar-refractivity contribution in [3.05, 3.63) is 95.8 Å². The first-order valence-corrected chi connectivity index (χ1v) is 12.3. The average molecular weight is 502 g/mol. The van der Waals surface area contributed by atoms with Gasteiger partial charge in [0.05, 0.1) is 11.6 Å². The number of carbonyl (C=O) groups is 2. The number of carbonyl (C=O) groups excluding carboxylic acids is 2. The maximum Gasteiger partial charge on any atom is 0.247 e. The van der Waals surface area contributed by atoms with E-state index in [-0.39, 0.29) is 31.0 Å². The van der Waals surface area contributed by atoms with E-state index < -0.39 is 11.9 Å². The number of nitrogens with zero attached hydrogens (tertiary/aromatic N) is 4. The molecule has 4 aromatic rings. The zero-order valence-electron chi connectivity index (χ0n) is 20.3. The molecule has 0 saturated carbocycles. The van der Waals surface area contributed by atoms with Crippen LogP contribution >= 0.6 is 0 Å². The van der Waals surface area contributed by atoms with Crippen LogP contribution in [0, 0.1) is 5.82 Å². The molecule has 8 nitrogen and oxygen atoms in total. The minimum absolute atomic E-state index is 0.100. The number of amides is 2. The molecule has 1 aromatic heterocycles. The van der Waals surface area contributed by atoms with Crippen LogP contribution in [0.1, 0.15) is 30.0 Å². The summed E-state index contributed by atoms with van der Waals surface area (Å²) in [7, 11) is 0. The summed E-state index contributed by atoms with van der Waals surface area (Å²) < 4.78 is 21.2. The molecule has 0 radical (unpaired) electrons. The van der Waals surface area contributed by atoms with E-state index in [0.29, 0.717) is 24.2 Å². The van der Waals surface area contributed by atoms with E-state index in [9.17, 15) is 14.0 Å². The minimum atomic E-state index is -0.976. The fraction of sp³-hybridized carbons (Fsp3) is 0.286. The molecule has 3 aromatic carbocycles. The van der Waals surface area contributed by atoms with Crippen molar-refractivity contribution in [3.63, 3.8) is 0 Å². The van der Waals surface area contributed by atoms with E-state index in [1.54, 1.807) is 12.1 Å². The molecule has 0 unspecified atom stereocenters. The predicted octanol–water partition coefficient (Wildman–Crippen LogP) is 3.64. The van der Waals surface area contributed by atoms with Crippen LogP contribution in [0.3, 0.4) is 0 Å². The summed E-state index contributed by atoms with van der Waals surface area (Å²) in [4.78, 5) is 29.0. The smallest absolute Gasteiger partial charge is 0.247 e. The van der Waals surface area contributed by atoms with Crippen molar-refractivity contribution in [3.8, 4) is 0 Å². The van der Waals surface area contributed by atoms with Crippen LogP contribution in [0.2, 0.25) is 0 Å². The van der Waals surface area contributed by atoms with Gasteiger partial charge in [-0.15, -0.1) is 5.10 Å². The Hall–Kier alpha value is -4.11. The summed E-state index contributed by atoms with van der Waals surface area (Å²) in [5.41, 5.74) is 2.85. The summed E-state index contributed by atoms with van der Waals surface area (Å²) in [6, 6.07) is 21.6. The number of hydrogen-bond donors (Lipinski definition) is 1. The number of halogens is 1. The molecule has 0 spiro atoms. The zero-order valence-corrected chi connectivity index (χ0v) is 20.3. The van der Waals surface area contributed by atoms with Gasteiger partial charge in [0.2, 0.25) is 11.8 Å². The highest BCUT2D eigenvalue weighted by molar-refractivity contribution is 5.89. The molecule has 0 bridgehead atoms. The van der Waals surface area contributed by atoms with Crippen LogP contribution in [0.25, 0.3) is 11.0 Å². The van der Waals surface area contributed by atoms with Gasteiger partial charge in [-0.2, -0.15) is 0 Å². The van der Waals surface area contributed by atoms with E-state index in [0.717, 1.165) is 23.9 Å². The normalized spacial score (nSPS) is 16.0. The van der Waals surface area contributed by atoms with Crippen molar-refractivity contribution in [2.75, 3.05) is 13.2 Å². The Morgan fingerprint density at radius 2 is 1.81 bits per heavy atom. The van der Waals surface area contributed by atoms with Gasteiger partial charge < -0.3 is 15.0 Å². The first-order valence-electron chi connectivity index (χ1n) is 12.3. The molecule has 190 valence electrons. The molecule has 1 aliphatic heterocycles. The molecule has 1 saturated heterocycles. The van der Waals surface area contributed by atoms with Gasteiger partial charge in [-0.3, -0.25) is 9.59 Å². The lowest BCUT2D eigenvalue weighted by Gasteiger charge is -2.33. The molecule has 2 amide bonds. The van der Waals surface area contributed by atoms with E-state index in [4.69, 9.17) is 4.74 Å². The highest BCUT2D eigenvalue weighted by Gasteiger charge is 2.34. The number of fused-ring (bicyclic) bond motifs is 1. The molecule has 9 heteroatoms. The summed E-state index contributed by atoms with van der Waals surface area (Å²) in [5.74, 6) is -1.08. The SMILES string of the molecule is O=C(NCc1ccccc1)[C@H](c1ccc(F)cc1)N(C[C@H]1CCCO1)C(=O)Cn1nnc2ccccc21. The van der Waals surface area contributed by atoms with E-state index in [1.165, 1.54) is 21.7 Å². The molecule has 2 heterocycles. The van der Waals surface area contributed by atoms with Gasteiger partial charge in [0.25, 0.3) is 0 Å². The third-order valence-electron chi connectivity index (χ3n) is 6.51. The van der Waals surface area contributed by atoms with Gasteiger partial charge in [0.15, 0.2) is 0 Å². The third-order valence-corrected chi connectivity index (χ3v) is 6.51. The summed E-state index contributed by atoms with van der Waals surface area (Å²) in [5, 5.41) is 11.3. The number of benzene rings is 3. The topological polar surface area (TPSA) is 89.4 Å². The first kappa shape index (κ1) is 24.6. The third kappa shape index (κ3) is 5.83. The van der Waals surface area contributed by atoms with Crippen LogP contribution in [0.15, 0.2) is 78.9 Å². The fourth-order valence-electron chi connectivity index (χ4n) is 4.61. The Balaban J connectivity index is 1.46. The van der Waals surface area contributed by atoms with Gasteiger partial charge >= 0.3 is 0 Å². The van der Waals surface area contributed by atoms with E-state index >= 15 is 0 Å². The van der Waals surface area contributed by atoms with Crippen LogP contribution in [-0.4, -0.2) is 51.0 Å². The molecule has 5 rings (SSSR count). The molecule has 37 heavy (non-hydrogen) atoms. The summed E-state index contributed by atoms with van der Waals surface area (Å²) in [6.45, 7) is 1.04. The Kier molecular flexibility index (Phi) is 7.51. The lowest BCUT2D eigenvalue weighted by Crippen LogP contribution is -2.47. The van der Waals surface area contributed by atoms with Gasteiger partial charge in [-0.1, -0.05) is 59.8 Å². The average Bonchev–Trinajstić information content (AvgIpc) is 3.59. The monoisotopic (exact) mass is 501 g/mol. The number of aromatic nitrogens is 3. The molecular weight excluding hydrogens is 473 g/mol. The summed E-state index contributed by atoms with van der Waals surface area (Å²) >= 11 is 0. The second-order valence-electron chi connectivity index (χ2n) is 9.07. The summed E-state index contributed by atoms with van der Waals surface area (Å²) in [6.07, 6.45) is 1.49. The maximum atomic E-state index is 13.8. The number of ether oxygens (including phenoxy) is 1. The molecule has 1 N–H and O–H groups in total. The first-order chi connectivity index (χ1) is 18.1. The van der Waals surface area contributed by atoms with Crippen molar-refractivity contribution in [1.29, 1.82) is 0 Å². The van der Waals surface area contributed by atoms with Crippen LogP contribution in [0.5, 0.6) is 0 Å². The van der Waals surface area contributed by atoms with Gasteiger partial charge in [-0.25, -0.2) is 9.07 Å². The molecule has 1 fully saturated rings. The molecule has 2 atom stereocenters. The molecule has 1 aliphatic rings. The quantitative estimate of drug-likeness (QED) is 0.378. The highest BCUT2D eigenvalue weighted by atomic mass is 19.1. The number of para-hydroxylation sites is 1. The molecule has 0 aliphatic carbocycles. The predicted molar refractivity (Wildman–Crippen MR) is 136 cm³/mol. The van der Waals surface area contributed by atoms with Crippen LogP contribution < -0.4 is 5.32 Å². The van der Waals surface area contributed by atoms with Crippen molar-refractivity contribution in [1.82, 2.24) is 25.2 Å². The Morgan fingerprint density at radius 3 is 2.57 bits per heavy atom. The second-order valence-corrected chi connectivity index (χ2v) is 9.07. The van der Waals surface area contributed by atoms with E-state index in [1.807, 2.05) is 54.6 Å². The van der Waals surface area contributed by atoms with Crippen molar-refractivity contribution in [2.45, 2.75) is 38.1 Å². The van der Waals surface area contributed by atoms with Gasteiger partial charge in [0.1, 0.15) is 23.9 Å². The Morgan fingerprint density at radius 1 is 1.05 bits per heavy atom. The Bertz CT molecular complexity index is 1350. The minimum Gasteiger partial charge on any atom is -0.376 e. The highest BCUT2D eigenvalue weighted by Crippen LogP contribution is 2.26. The van der Waals surface area contributed by atoms with Gasteiger partial charge in [0, 0.05) is 19.7 Å². The number of hydrogen-bond acceptors (Lipinski definition) is 5. The second kappa shape index (κ2) is 11.3. The zero-order chi connectivity index (χ0) is 25.6. The Labute approximate surface area is 214 Å². The largest absolute Gasteiger partial charge is 0.376 e. The van der Waals surface area contributed by atoms with Gasteiger partial charge in [-0.05, 0) is 48.2 Å². The standard InChI is InChI=1S/C28H28FN5O3/c29-22-14-12-21(13-15-22)27(28(36)30-17-20-7-2-1-3-8-20)33(18-23-9-6-16-37-23)26(35)19-34-25-11-5-4-10-24(25)31-32-34/h1-5,7-8,10-15,23,27H,6,9,16-19H2,(H,30,36)/t23-,27+/m1/s1. The van der Waals surface area contributed by atoms with Crippen LogP contribution in [-0.2, 0) is 27.4 Å². The lowest BCUT2D eigenvalue weighted by molar-refractivity contribution is -0.143. The van der Waals surface area contributed by atoms with Crippen LogP contribution in [0.4, 0.5) is 4.39 Å². The molecular formula is C28H28FN5O3. The maximum absolute atomic E-state index is 13.8. The van der Waals surface area contributed by atoms with Crippen molar-refractivity contribution < 1.29 is 18.7 Å². The van der Waals surface area contributed by atoms with Crippen molar-refractivity contribution >= 4 is 22.8 Å².